The van der Waals surface area contributed by atoms with E-state index in [4.69, 9.17) is 23.2 Å². The van der Waals surface area contributed by atoms with E-state index in [1.54, 1.807) is 11.3 Å². The number of hydrogen-bond donors (Lipinski definition) is 0. The predicted molar refractivity (Wildman–Crippen MR) is 114 cm³/mol. The van der Waals surface area contributed by atoms with Crippen molar-refractivity contribution in [2.45, 2.75) is 0 Å². The van der Waals surface area contributed by atoms with Crippen molar-refractivity contribution in [2.75, 3.05) is 38.0 Å². The third-order valence-corrected chi connectivity index (χ3v) is 5.86. The molecule has 0 radical (unpaired) electrons. The van der Waals surface area contributed by atoms with Crippen LogP contribution in [0.25, 0.3) is 21.6 Å². The molecule has 130 valence electrons. The maximum Gasteiger partial charge on any atom is 0.101 e. The van der Waals surface area contributed by atoms with E-state index in [-0.39, 0.29) is 0 Å². The molecule has 0 fully saturated rings. The Bertz CT molecular complexity index is 866. The number of rotatable bonds is 4. The first-order valence-electron chi connectivity index (χ1n) is 7.92. The van der Waals surface area contributed by atoms with Crippen LogP contribution in [0.2, 0.25) is 10.0 Å². The van der Waals surface area contributed by atoms with E-state index in [0.717, 1.165) is 15.6 Å². The van der Waals surface area contributed by atoms with Gasteiger partial charge in [0.1, 0.15) is 5.00 Å². The molecule has 0 atom stereocenters. The second-order valence-electron chi connectivity index (χ2n) is 6.26. The summed E-state index contributed by atoms with van der Waals surface area (Å²) in [6.07, 6.45) is 0. The molecule has 1 aromatic heterocycles. The third-order valence-electron chi connectivity index (χ3n) is 3.96. The van der Waals surface area contributed by atoms with Crippen molar-refractivity contribution in [1.82, 2.24) is 0 Å². The van der Waals surface area contributed by atoms with E-state index in [2.05, 4.69) is 62.3 Å². The van der Waals surface area contributed by atoms with Gasteiger partial charge in [0.05, 0.1) is 10.6 Å². The fraction of sp³-hybridized carbons (Fsp3) is 0.200. The highest BCUT2D eigenvalue weighted by molar-refractivity contribution is 7.21. The summed E-state index contributed by atoms with van der Waals surface area (Å²) in [5.74, 6) is 0. The number of halogens is 2. The minimum atomic E-state index is 0.745. The number of thiophene rings is 1. The second kappa shape index (κ2) is 7.28. The number of benzene rings is 2. The van der Waals surface area contributed by atoms with Gasteiger partial charge in [0.15, 0.2) is 0 Å². The first kappa shape index (κ1) is 18.1. The van der Waals surface area contributed by atoms with Gasteiger partial charge >= 0.3 is 0 Å². The van der Waals surface area contributed by atoms with Crippen LogP contribution in [0, 0.1) is 0 Å². The molecule has 0 bridgehead atoms. The monoisotopic (exact) mass is 390 g/mol. The molecule has 0 aliphatic rings. The zero-order valence-electron chi connectivity index (χ0n) is 14.7. The molecule has 0 spiro atoms. The minimum absolute atomic E-state index is 0.745. The SMILES string of the molecule is CN(C)c1sc(-c2ccc(Cl)cc2)c(N(C)C)c1-c1ccc(Cl)cc1. The van der Waals surface area contributed by atoms with E-state index < -0.39 is 0 Å². The van der Waals surface area contributed by atoms with E-state index in [1.807, 2.05) is 24.3 Å². The highest BCUT2D eigenvalue weighted by Crippen LogP contribution is 2.51. The van der Waals surface area contributed by atoms with Gasteiger partial charge in [0.2, 0.25) is 0 Å². The average Bonchev–Trinajstić information content (AvgIpc) is 2.97. The summed E-state index contributed by atoms with van der Waals surface area (Å²) in [7, 11) is 8.33. The lowest BCUT2D eigenvalue weighted by Gasteiger charge is -2.19. The lowest BCUT2D eigenvalue weighted by Crippen LogP contribution is -2.12. The maximum atomic E-state index is 6.09. The van der Waals surface area contributed by atoms with Gasteiger partial charge in [0.25, 0.3) is 0 Å². The van der Waals surface area contributed by atoms with Crippen LogP contribution in [0.3, 0.4) is 0 Å². The van der Waals surface area contributed by atoms with Crippen molar-refractivity contribution < 1.29 is 0 Å². The summed E-state index contributed by atoms with van der Waals surface area (Å²) < 4.78 is 0. The molecule has 0 amide bonds. The van der Waals surface area contributed by atoms with Crippen molar-refractivity contribution in [3.8, 4) is 21.6 Å². The van der Waals surface area contributed by atoms with Gasteiger partial charge in [-0.15, -0.1) is 11.3 Å². The molecule has 2 aromatic carbocycles. The van der Waals surface area contributed by atoms with Crippen LogP contribution in [0.4, 0.5) is 10.7 Å². The highest BCUT2D eigenvalue weighted by Gasteiger charge is 2.23. The Balaban J connectivity index is 2.28. The first-order chi connectivity index (χ1) is 11.9. The molecule has 3 rings (SSSR count). The Morgan fingerprint density at radius 2 is 1.16 bits per heavy atom. The van der Waals surface area contributed by atoms with Gasteiger partial charge in [-0.3, -0.25) is 0 Å². The van der Waals surface area contributed by atoms with Gasteiger partial charge in [0, 0.05) is 43.8 Å². The zero-order chi connectivity index (χ0) is 18.1. The normalized spacial score (nSPS) is 10.8. The Kier molecular flexibility index (Phi) is 5.28. The average molecular weight is 391 g/mol. The van der Waals surface area contributed by atoms with Crippen molar-refractivity contribution in [1.29, 1.82) is 0 Å². The summed E-state index contributed by atoms with van der Waals surface area (Å²) in [5.41, 5.74) is 4.76. The number of anilines is 2. The standard InChI is InChI=1S/C20H20Cl2N2S/c1-23(2)18-17(13-5-9-15(21)10-6-13)20(24(3)4)25-19(18)14-7-11-16(22)12-8-14/h5-12H,1-4H3. The van der Waals surface area contributed by atoms with Crippen LogP contribution in [-0.4, -0.2) is 28.2 Å². The number of nitrogens with zero attached hydrogens (tertiary/aromatic N) is 2. The van der Waals surface area contributed by atoms with Crippen molar-refractivity contribution in [3.63, 3.8) is 0 Å². The van der Waals surface area contributed by atoms with Crippen LogP contribution in [0.1, 0.15) is 0 Å². The second-order valence-corrected chi connectivity index (χ2v) is 8.13. The highest BCUT2D eigenvalue weighted by atomic mass is 35.5. The van der Waals surface area contributed by atoms with Crippen molar-refractivity contribution in [2.24, 2.45) is 0 Å². The Labute approximate surface area is 163 Å². The summed E-state index contributed by atoms with van der Waals surface area (Å²) in [6, 6.07) is 16.1. The fourth-order valence-corrected chi connectivity index (χ4v) is 4.41. The summed E-state index contributed by atoms with van der Waals surface area (Å²) >= 11 is 13.9. The van der Waals surface area contributed by atoms with Gasteiger partial charge in [-0.05, 0) is 35.4 Å². The topological polar surface area (TPSA) is 6.48 Å². The van der Waals surface area contributed by atoms with Crippen LogP contribution < -0.4 is 9.80 Å². The van der Waals surface area contributed by atoms with E-state index in [0.29, 0.717) is 0 Å². The Morgan fingerprint density at radius 3 is 1.60 bits per heavy atom. The molecule has 0 aliphatic heterocycles. The minimum Gasteiger partial charge on any atom is -0.376 e. The van der Waals surface area contributed by atoms with Crippen LogP contribution in [-0.2, 0) is 0 Å². The third kappa shape index (κ3) is 3.64. The van der Waals surface area contributed by atoms with E-state index >= 15 is 0 Å². The number of hydrogen-bond acceptors (Lipinski definition) is 3. The fourth-order valence-electron chi connectivity index (χ4n) is 2.83. The predicted octanol–water partition coefficient (Wildman–Crippen LogP) is 6.52. The van der Waals surface area contributed by atoms with Gasteiger partial charge < -0.3 is 9.80 Å². The van der Waals surface area contributed by atoms with Gasteiger partial charge in [-0.2, -0.15) is 0 Å². The van der Waals surface area contributed by atoms with Crippen LogP contribution in [0.5, 0.6) is 0 Å². The molecule has 0 unspecified atom stereocenters. The molecular formula is C20H20Cl2N2S. The van der Waals surface area contributed by atoms with Crippen LogP contribution >= 0.6 is 34.5 Å². The molecule has 1 heterocycles. The zero-order valence-corrected chi connectivity index (χ0v) is 17.0. The molecule has 2 nitrogen and oxygen atoms in total. The van der Waals surface area contributed by atoms with Crippen LogP contribution in [0.15, 0.2) is 48.5 Å². The maximum absolute atomic E-state index is 6.09. The molecule has 0 saturated heterocycles. The van der Waals surface area contributed by atoms with Crippen molar-refractivity contribution in [3.05, 3.63) is 58.6 Å². The molecule has 25 heavy (non-hydrogen) atoms. The van der Waals surface area contributed by atoms with E-state index in [1.165, 1.54) is 26.7 Å². The molecule has 3 aromatic rings. The smallest absolute Gasteiger partial charge is 0.101 e. The lowest BCUT2D eigenvalue weighted by molar-refractivity contribution is 1.13. The van der Waals surface area contributed by atoms with Gasteiger partial charge in [-0.25, -0.2) is 0 Å². The first-order valence-corrected chi connectivity index (χ1v) is 9.49. The Hall–Kier alpha value is -1.68. The largest absolute Gasteiger partial charge is 0.376 e. The molecule has 5 heteroatoms. The lowest BCUT2D eigenvalue weighted by atomic mass is 10.0. The van der Waals surface area contributed by atoms with E-state index in [9.17, 15) is 0 Å². The molecule has 0 N–H and O–H groups in total. The quantitative estimate of drug-likeness (QED) is 0.499. The Morgan fingerprint density at radius 1 is 0.680 bits per heavy atom. The molecule has 0 aliphatic carbocycles. The van der Waals surface area contributed by atoms with Gasteiger partial charge in [-0.1, -0.05) is 47.5 Å². The summed E-state index contributed by atoms with van der Waals surface area (Å²) in [4.78, 5) is 5.58. The molecule has 0 saturated carbocycles. The van der Waals surface area contributed by atoms with Crippen molar-refractivity contribution >= 4 is 45.2 Å². The summed E-state index contributed by atoms with van der Waals surface area (Å²) in [6.45, 7) is 0. The molecular weight excluding hydrogens is 371 g/mol. The summed E-state index contributed by atoms with van der Waals surface area (Å²) in [5, 5.41) is 2.71.